The summed E-state index contributed by atoms with van der Waals surface area (Å²) in [5.74, 6) is 0. The Morgan fingerprint density at radius 1 is 0.923 bits per heavy atom. The maximum absolute atomic E-state index is 5.63. The lowest BCUT2D eigenvalue weighted by atomic mass is 9.93. The molecule has 0 saturated carbocycles. The van der Waals surface area contributed by atoms with E-state index in [1.54, 1.807) is 0 Å². The summed E-state index contributed by atoms with van der Waals surface area (Å²) >= 11 is 0. The molecule has 1 heterocycles. The predicted octanol–water partition coefficient (Wildman–Crippen LogP) is 4.21. The van der Waals surface area contributed by atoms with E-state index in [1.165, 1.54) is 11.1 Å². The zero-order valence-electron chi connectivity index (χ0n) is 16.6. The van der Waals surface area contributed by atoms with Crippen molar-refractivity contribution in [2.75, 3.05) is 33.4 Å². The Morgan fingerprint density at radius 2 is 1.46 bits per heavy atom. The highest BCUT2D eigenvalue weighted by atomic mass is 16.5. The number of rotatable bonds is 5. The van der Waals surface area contributed by atoms with Crippen molar-refractivity contribution < 1.29 is 4.74 Å². The van der Waals surface area contributed by atoms with E-state index >= 15 is 0 Å². The van der Waals surface area contributed by atoms with Crippen molar-refractivity contribution in [1.82, 2.24) is 9.80 Å². The summed E-state index contributed by atoms with van der Waals surface area (Å²) in [5, 5.41) is 0. The Hall–Kier alpha value is -1.68. The van der Waals surface area contributed by atoms with Crippen LogP contribution in [0, 0.1) is 0 Å². The molecule has 0 aromatic heterocycles. The van der Waals surface area contributed by atoms with Gasteiger partial charge in [0, 0.05) is 38.3 Å². The van der Waals surface area contributed by atoms with Crippen molar-refractivity contribution in [2.45, 2.75) is 38.4 Å². The van der Waals surface area contributed by atoms with Gasteiger partial charge >= 0.3 is 0 Å². The van der Waals surface area contributed by atoms with Crippen molar-refractivity contribution in [3.05, 3.63) is 71.8 Å². The summed E-state index contributed by atoms with van der Waals surface area (Å²) < 4.78 is 5.63. The van der Waals surface area contributed by atoms with E-state index in [1.807, 2.05) is 7.11 Å². The first-order valence-corrected chi connectivity index (χ1v) is 9.60. The molecule has 140 valence electrons. The fourth-order valence-electron chi connectivity index (χ4n) is 4.01. The van der Waals surface area contributed by atoms with Gasteiger partial charge in [0.15, 0.2) is 0 Å². The predicted molar refractivity (Wildman–Crippen MR) is 108 cm³/mol. The van der Waals surface area contributed by atoms with Crippen molar-refractivity contribution in [2.24, 2.45) is 0 Å². The van der Waals surface area contributed by atoms with Crippen LogP contribution < -0.4 is 0 Å². The van der Waals surface area contributed by atoms with Crippen LogP contribution in [0.2, 0.25) is 0 Å². The molecule has 2 aromatic rings. The third kappa shape index (κ3) is 4.35. The molecule has 1 fully saturated rings. The molecule has 1 unspecified atom stereocenters. The summed E-state index contributed by atoms with van der Waals surface area (Å²) in [4.78, 5) is 5.22. The molecule has 0 spiro atoms. The molecular weight excluding hydrogens is 320 g/mol. The molecule has 1 aliphatic rings. The smallest absolute Gasteiger partial charge is 0.0630 e. The van der Waals surface area contributed by atoms with Crippen LogP contribution >= 0.6 is 0 Å². The van der Waals surface area contributed by atoms with E-state index in [0.717, 1.165) is 26.2 Å². The maximum atomic E-state index is 5.63. The summed E-state index contributed by atoms with van der Waals surface area (Å²) in [6.07, 6.45) is 0. The van der Waals surface area contributed by atoms with Crippen LogP contribution in [0.4, 0.5) is 0 Å². The number of piperazine rings is 1. The highest BCUT2D eigenvalue weighted by Crippen LogP contribution is 2.33. The standard InChI is InChI=1S/C23H32N2O/c1-23(2,3)24-15-16-25(21(17-24)18-26-4)22(19-11-7-5-8-12-19)20-13-9-6-10-14-20/h5-14,21-22H,15-18H2,1-4H3. The van der Waals surface area contributed by atoms with Crippen molar-refractivity contribution in [3.63, 3.8) is 0 Å². The van der Waals surface area contributed by atoms with Crippen LogP contribution in [0.15, 0.2) is 60.7 Å². The number of methoxy groups -OCH3 is 1. The molecule has 0 aliphatic carbocycles. The van der Waals surface area contributed by atoms with Gasteiger partial charge in [-0.05, 0) is 31.9 Å². The molecule has 0 N–H and O–H groups in total. The van der Waals surface area contributed by atoms with Crippen LogP contribution in [0.3, 0.4) is 0 Å². The number of hydrogen-bond donors (Lipinski definition) is 0. The fraction of sp³-hybridized carbons (Fsp3) is 0.478. The zero-order valence-corrected chi connectivity index (χ0v) is 16.6. The molecule has 0 amide bonds. The monoisotopic (exact) mass is 352 g/mol. The van der Waals surface area contributed by atoms with Gasteiger partial charge in [-0.1, -0.05) is 60.7 Å². The second-order valence-corrected chi connectivity index (χ2v) is 8.19. The van der Waals surface area contributed by atoms with Crippen LogP contribution in [0.5, 0.6) is 0 Å². The number of hydrogen-bond acceptors (Lipinski definition) is 3. The SMILES string of the molecule is COCC1CN(C(C)(C)C)CCN1C(c1ccccc1)c1ccccc1. The van der Waals surface area contributed by atoms with Crippen molar-refractivity contribution in [1.29, 1.82) is 0 Å². The minimum atomic E-state index is 0.188. The maximum Gasteiger partial charge on any atom is 0.0630 e. The third-order valence-corrected chi connectivity index (χ3v) is 5.40. The van der Waals surface area contributed by atoms with Gasteiger partial charge in [-0.15, -0.1) is 0 Å². The fourth-order valence-corrected chi connectivity index (χ4v) is 4.01. The second-order valence-electron chi connectivity index (χ2n) is 8.19. The Labute approximate surface area is 158 Å². The number of ether oxygens (including phenoxy) is 1. The zero-order chi connectivity index (χ0) is 18.6. The van der Waals surface area contributed by atoms with E-state index in [0.29, 0.717) is 6.04 Å². The minimum Gasteiger partial charge on any atom is -0.383 e. The van der Waals surface area contributed by atoms with Crippen LogP contribution in [0.1, 0.15) is 37.9 Å². The van der Waals surface area contributed by atoms with E-state index in [4.69, 9.17) is 4.74 Å². The lowest BCUT2D eigenvalue weighted by Crippen LogP contribution is -2.60. The van der Waals surface area contributed by atoms with Crippen molar-refractivity contribution >= 4 is 0 Å². The topological polar surface area (TPSA) is 15.7 Å². The first-order valence-electron chi connectivity index (χ1n) is 9.60. The summed E-state index contributed by atoms with van der Waals surface area (Å²) in [5.41, 5.74) is 2.89. The lowest BCUT2D eigenvalue weighted by Gasteiger charge is -2.49. The van der Waals surface area contributed by atoms with Crippen LogP contribution in [-0.4, -0.2) is 54.7 Å². The normalized spacial score (nSPS) is 19.8. The highest BCUT2D eigenvalue weighted by molar-refractivity contribution is 5.32. The molecule has 1 atom stereocenters. The molecular formula is C23H32N2O. The van der Waals surface area contributed by atoms with Gasteiger partial charge in [-0.3, -0.25) is 9.80 Å². The Morgan fingerprint density at radius 3 is 1.92 bits per heavy atom. The molecule has 3 rings (SSSR count). The molecule has 0 radical (unpaired) electrons. The molecule has 1 aliphatic heterocycles. The molecule has 3 nitrogen and oxygen atoms in total. The second kappa shape index (κ2) is 8.34. The van der Waals surface area contributed by atoms with Gasteiger partial charge in [0.25, 0.3) is 0 Å². The average molecular weight is 353 g/mol. The molecule has 1 saturated heterocycles. The Bertz CT molecular complexity index is 626. The number of benzene rings is 2. The molecule has 2 aromatic carbocycles. The van der Waals surface area contributed by atoms with Crippen LogP contribution in [-0.2, 0) is 4.74 Å². The van der Waals surface area contributed by atoms with Gasteiger partial charge in [0.2, 0.25) is 0 Å². The van der Waals surface area contributed by atoms with Gasteiger partial charge in [-0.2, -0.15) is 0 Å². The summed E-state index contributed by atoms with van der Waals surface area (Å²) in [7, 11) is 1.81. The lowest BCUT2D eigenvalue weighted by molar-refractivity contribution is -0.0217. The first-order chi connectivity index (χ1) is 12.5. The van der Waals surface area contributed by atoms with Crippen LogP contribution in [0.25, 0.3) is 0 Å². The van der Waals surface area contributed by atoms with Gasteiger partial charge in [-0.25, -0.2) is 0 Å². The van der Waals surface area contributed by atoms with Gasteiger partial charge in [0.1, 0.15) is 0 Å². The highest BCUT2D eigenvalue weighted by Gasteiger charge is 2.36. The quantitative estimate of drug-likeness (QED) is 0.802. The summed E-state index contributed by atoms with van der Waals surface area (Å²) in [6, 6.07) is 22.4. The largest absolute Gasteiger partial charge is 0.383 e. The van der Waals surface area contributed by atoms with E-state index in [-0.39, 0.29) is 11.6 Å². The first kappa shape index (κ1) is 19.1. The van der Waals surface area contributed by atoms with E-state index in [2.05, 4.69) is 91.2 Å². The van der Waals surface area contributed by atoms with Gasteiger partial charge < -0.3 is 4.74 Å². The Kier molecular flexibility index (Phi) is 6.13. The molecule has 26 heavy (non-hydrogen) atoms. The average Bonchev–Trinajstić information content (AvgIpc) is 2.64. The van der Waals surface area contributed by atoms with Gasteiger partial charge in [0.05, 0.1) is 12.6 Å². The molecule has 3 heteroatoms. The van der Waals surface area contributed by atoms with Crippen molar-refractivity contribution in [3.8, 4) is 0 Å². The Balaban J connectivity index is 1.95. The minimum absolute atomic E-state index is 0.188. The molecule has 0 bridgehead atoms. The third-order valence-electron chi connectivity index (χ3n) is 5.40. The summed E-state index contributed by atoms with van der Waals surface area (Å²) in [6.45, 7) is 10.8. The number of nitrogens with zero attached hydrogens (tertiary/aromatic N) is 2. The van der Waals surface area contributed by atoms with E-state index in [9.17, 15) is 0 Å². The van der Waals surface area contributed by atoms with E-state index < -0.39 is 0 Å².